The minimum absolute atomic E-state index is 0.861. The van der Waals surface area contributed by atoms with Gasteiger partial charge in [-0.3, -0.25) is 4.98 Å². The van der Waals surface area contributed by atoms with Gasteiger partial charge in [-0.05, 0) is 46.6 Å². The third-order valence-electron chi connectivity index (χ3n) is 3.17. The van der Waals surface area contributed by atoms with E-state index in [0.29, 0.717) is 0 Å². The molecule has 0 aliphatic rings. The van der Waals surface area contributed by atoms with Crippen LogP contribution >= 0.6 is 27.3 Å². The zero-order chi connectivity index (χ0) is 13.9. The molecule has 3 rings (SSSR count). The van der Waals surface area contributed by atoms with Gasteiger partial charge < -0.3 is 5.32 Å². The van der Waals surface area contributed by atoms with Gasteiger partial charge in [0.2, 0.25) is 0 Å². The number of hydrogen-bond acceptors (Lipinski definition) is 3. The molecule has 4 heteroatoms. The Morgan fingerprint density at radius 3 is 2.85 bits per heavy atom. The molecule has 0 fully saturated rings. The van der Waals surface area contributed by atoms with Crippen LogP contribution in [0.25, 0.3) is 10.9 Å². The van der Waals surface area contributed by atoms with Crippen LogP contribution in [0.4, 0.5) is 0 Å². The van der Waals surface area contributed by atoms with Gasteiger partial charge in [0.05, 0.1) is 5.52 Å². The Morgan fingerprint density at radius 1 is 1.20 bits per heavy atom. The van der Waals surface area contributed by atoms with Gasteiger partial charge in [-0.25, -0.2) is 0 Å². The molecule has 0 aliphatic carbocycles. The summed E-state index contributed by atoms with van der Waals surface area (Å²) in [7, 11) is 0. The summed E-state index contributed by atoms with van der Waals surface area (Å²) >= 11 is 5.26. The number of aromatic nitrogens is 1. The number of hydrogen-bond donors (Lipinski definition) is 1. The second-order valence-corrected chi connectivity index (χ2v) is 6.69. The summed E-state index contributed by atoms with van der Waals surface area (Å²) in [5, 5.41) is 6.86. The van der Waals surface area contributed by atoms with Crippen molar-refractivity contribution in [2.75, 3.05) is 0 Å². The van der Waals surface area contributed by atoms with E-state index in [1.54, 1.807) is 11.3 Å². The van der Waals surface area contributed by atoms with Crippen LogP contribution in [0.1, 0.15) is 16.1 Å². The topological polar surface area (TPSA) is 24.9 Å². The van der Waals surface area contributed by atoms with E-state index in [-0.39, 0.29) is 0 Å². The highest BCUT2D eigenvalue weighted by molar-refractivity contribution is 9.10. The molecule has 2 heterocycles. The summed E-state index contributed by atoms with van der Waals surface area (Å²) in [6.45, 7) is 3.80. The van der Waals surface area contributed by atoms with Crippen molar-refractivity contribution in [3.8, 4) is 0 Å². The van der Waals surface area contributed by atoms with Crippen LogP contribution in [0, 0.1) is 6.92 Å². The number of nitrogens with one attached hydrogen (secondary N) is 1. The molecule has 0 amide bonds. The lowest BCUT2D eigenvalue weighted by Gasteiger charge is -2.08. The highest BCUT2D eigenvalue weighted by Gasteiger charge is 2.04. The first-order chi connectivity index (χ1) is 9.72. The average Bonchev–Trinajstić information content (AvgIpc) is 2.84. The van der Waals surface area contributed by atoms with E-state index in [1.165, 1.54) is 15.8 Å². The normalized spacial score (nSPS) is 11.1. The molecule has 0 radical (unpaired) electrons. The van der Waals surface area contributed by atoms with Crippen molar-refractivity contribution >= 4 is 38.2 Å². The first kappa shape index (κ1) is 13.7. The van der Waals surface area contributed by atoms with E-state index >= 15 is 0 Å². The third-order valence-corrected chi connectivity index (χ3v) is 4.86. The molecule has 0 aliphatic heterocycles. The minimum Gasteiger partial charge on any atom is -0.308 e. The molecular weight excluding hydrogens is 332 g/mol. The van der Waals surface area contributed by atoms with Gasteiger partial charge in [0.1, 0.15) is 0 Å². The molecular formula is C16H15BrN2S. The average molecular weight is 347 g/mol. The SMILES string of the molecule is Cc1cc(CNCc2cc(Br)cs2)c2ccccc2n1. The number of thiophene rings is 1. The number of halogens is 1. The van der Waals surface area contributed by atoms with Crippen LogP contribution in [0.2, 0.25) is 0 Å². The van der Waals surface area contributed by atoms with E-state index < -0.39 is 0 Å². The standard InChI is InChI=1S/C16H15BrN2S/c1-11-6-12(15-4-2-3-5-16(15)19-11)8-18-9-14-7-13(17)10-20-14/h2-7,10,18H,8-9H2,1H3. The molecule has 3 aromatic rings. The maximum atomic E-state index is 4.57. The maximum Gasteiger partial charge on any atom is 0.0708 e. The fraction of sp³-hybridized carbons (Fsp3) is 0.188. The van der Waals surface area contributed by atoms with Gasteiger partial charge in [-0.15, -0.1) is 11.3 Å². The molecule has 1 N–H and O–H groups in total. The molecule has 0 spiro atoms. The number of nitrogens with zero attached hydrogens (tertiary/aromatic N) is 1. The molecule has 0 bridgehead atoms. The van der Waals surface area contributed by atoms with Crippen LogP contribution in [-0.2, 0) is 13.1 Å². The van der Waals surface area contributed by atoms with Crippen molar-refractivity contribution in [1.29, 1.82) is 0 Å². The predicted molar refractivity (Wildman–Crippen MR) is 89.0 cm³/mol. The lowest BCUT2D eigenvalue weighted by molar-refractivity contribution is 0.703. The molecule has 1 aromatic carbocycles. The smallest absolute Gasteiger partial charge is 0.0708 e. The largest absolute Gasteiger partial charge is 0.308 e. The number of rotatable bonds is 4. The van der Waals surface area contributed by atoms with Crippen molar-refractivity contribution in [2.45, 2.75) is 20.0 Å². The quantitative estimate of drug-likeness (QED) is 0.743. The molecule has 102 valence electrons. The fourth-order valence-electron chi connectivity index (χ4n) is 2.31. The Kier molecular flexibility index (Phi) is 4.15. The third kappa shape index (κ3) is 3.08. The summed E-state index contributed by atoms with van der Waals surface area (Å²) < 4.78 is 1.16. The molecule has 2 nitrogen and oxygen atoms in total. The van der Waals surface area contributed by atoms with E-state index in [9.17, 15) is 0 Å². The van der Waals surface area contributed by atoms with Crippen LogP contribution in [0.15, 0.2) is 46.3 Å². The molecule has 0 saturated carbocycles. The van der Waals surface area contributed by atoms with Crippen molar-refractivity contribution in [2.24, 2.45) is 0 Å². The van der Waals surface area contributed by atoms with Crippen LogP contribution in [0.3, 0.4) is 0 Å². The lowest BCUT2D eigenvalue weighted by Crippen LogP contribution is -2.12. The van der Waals surface area contributed by atoms with Gasteiger partial charge in [-0.1, -0.05) is 18.2 Å². The number of benzene rings is 1. The Hall–Kier alpha value is -1.23. The molecule has 20 heavy (non-hydrogen) atoms. The summed E-state index contributed by atoms with van der Waals surface area (Å²) in [6, 6.07) is 12.6. The van der Waals surface area contributed by atoms with Crippen molar-refractivity contribution in [3.05, 3.63) is 62.4 Å². The fourth-order valence-corrected chi connectivity index (χ4v) is 3.73. The second kappa shape index (κ2) is 6.04. The van der Waals surface area contributed by atoms with Gasteiger partial charge in [0.25, 0.3) is 0 Å². The van der Waals surface area contributed by atoms with E-state index in [0.717, 1.165) is 28.8 Å². The van der Waals surface area contributed by atoms with Crippen molar-refractivity contribution < 1.29 is 0 Å². The lowest BCUT2D eigenvalue weighted by atomic mass is 10.1. The Balaban J connectivity index is 1.77. The molecule has 2 aromatic heterocycles. The van der Waals surface area contributed by atoms with Crippen molar-refractivity contribution in [1.82, 2.24) is 10.3 Å². The number of fused-ring (bicyclic) bond motifs is 1. The Bertz CT molecular complexity index is 736. The number of para-hydroxylation sites is 1. The van der Waals surface area contributed by atoms with Gasteiger partial charge in [-0.2, -0.15) is 0 Å². The van der Waals surface area contributed by atoms with Crippen molar-refractivity contribution in [3.63, 3.8) is 0 Å². The molecule has 0 saturated heterocycles. The monoisotopic (exact) mass is 346 g/mol. The van der Waals surface area contributed by atoms with Gasteiger partial charge in [0.15, 0.2) is 0 Å². The second-order valence-electron chi connectivity index (χ2n) is 4.77. The zero-order valence-corrected chi connectivity index (χ0v) is 13.6. The highest BCUT2D eigenvalue weighted by Crippen LogP contribution is 2.21. The first-order valence-electron chi connectivity index (χ1n) is 6.51. The van der Waals surface area contributed by atoms with Crippen LogP contribution in [0.5, 0.6) is 0 Å². The Morgan fingerprint density at radius 2 is 2.05 bits per heavy atom. The Labute approximate surface area is 131 Å². The van der Waals surface area contributed by atoms with E-state index in [1.807, 2.05) is 13.0 Å². The molecule has 0 unspecified atom stereocenters. The first-order valence-corrected chi connectivity index (χ1v) is 8.18. The minimum atomic E-state index is 0.861. The summed E-state index contributed by atoms with van der Waals surface area (Å²) in [6.07, 6.45) is 0. The summed E-state index contributed by atoms with van der Waals surface area (Å²) in [5.41, 5.74) is 3.45. The van der Waals surface area contributed by atoms with E-state index in [2.05, 4.69) is 61.9 Å². The highest BCUT2D eigenvalue weighted by atomic mass is 79.9. The summed E-state index contributed by atoms with van der Waals surface area (Å²) in [4.78, 5) is 5.91. The van der Waals surface area contributed by atoms with E-state index in [4.69, 9.17) is 0 Å². The van der Waals surface area contributed by atoms with Gasteiger partial charge >= 0.3 is 0 Å². The van der Waals surface area contributed by atoms with Crippen LogP contribution < -0.4 is 5.32 Å². The van der Waals surface area contributed by atoms with Crippen LogP contribution in [-0.4, -0.2) is 4.98 Å². The maximum absolute atomic E-state index is 4.57. The predicted octanol–water partition coefficient (Wildman–Crippen LogP) is 4.66. The summed E-state index contributed by atoms with van der Waals surface area (Å²) in [5.74, 6) is 0. The van der Waals surface area contributed by atoms with Gasteiger partial charge in [0, 0.05) is 38.9 Å². The molecule has 0 atom stereocenters. The number of pyridine rings is 1. The number of aryl methyl sites for hydroxylation is 1. The zero-order valence-electron chi connectivity index (χ0n) is 11.2.